The first-order valence-corrected chi connectivity index (χ1v) is 5.30. The number of hydrogen-bond donors (Lipinski definition) is 1. The van der Waals surface area contributed by atoms with Crippen molar-refractivity contribution in [2.75, 3.05) is 12.4 Å². The molecule has 1 heterocycles. The Kier molecular flexibility index (Phi) is 2.49. The van der Waals surface area contributed by atoms with Crippen LogP contribution in [-0.4, -0.2) is 17.0 Å². The number of nitrogens with one attached hydrogen (secondary N) is 1. The lowest BCUT2D eigenvalue weighted by atomic mass is 9.85. The van der Waals surface area contributed by atoms with Gasteiger partial charge >= 0.3 is 0 Å². The van der Waals surface area contributed by atoms with Gasteiger partial charge in [0.05, 0.1) is 4.47 Å². The maximum absolute atomic E-state index is 4.44. The van der Waals surface area contributed by atoms with Crippen molar-refractivity contribution < 1.29 is 0 Å². The van der Waals surface area contributed by atoms with Crippen LogP contribution in [0.4, 0.5) is 5.82 Å². The fourth-order valence-corrected chi connectivity index (χ4v) is 1.81. The van der Waals surface area contributed by atoms with Crippen molar-refractivity contribution in [3.8, 4) is 0 Å². The molecule has 0 aromatic carbocycles. The zero-order valence-electron chi connectivity index (χ0n) is 7.55. The van der Waals surface area contributed by atoms with Crippen molar-refractivity contribution in [2.24, 2.45) is 0 Å². The zero-order valence-corrected chi connectivity index (χ0v) is 9.13. The van der Waals surface area contributed by atoms with Crippen LogP contribution in [0.2, 0.25) is 0 Å². The van der Waals surface area contributed by atoms with Gasteiger partial charge in [0.15, 0.2) is 0 Å². The number of rotatable bonds is 2. The van der Waals surface area contributed by atoms with E-state index in [4.69, 9.17) is 0 Å². The van der Waals surface area contributed by atoms with Crippen LogP contribution in [0.25, 0.3) is 0 Å². The Hall–Kier alpha value is -0.640. The molecule has 70 valence electrons. The average Bonchev–Trinajstić information content (AvgIpc) is 2.05. The summed E-state index contributed by atoms with van der Waals surface area (Å²) < 4.78 is 0.929. The third-order valence-electron chi connectivity index (χ3n) is 2.47. The van der Waals surface area contributed by atoms with E-state index in [2.05, 4.69) is 31.2 Å². The molecule has 1 N–H and O–H groups in total. The molecule has 0 bridgehead atoms. The molecule has 1 saturated carbocycles. The molecule has 2 rings (SSSR count). The van der Waals surface area contributed by atoms with Gasteiger partial charge in [-0.3, -0.25) is 0 Å². The SMILES string of the molecule is CNc1nc(C2CCC2)ncc1Br. The minimum absolute atomic E-state index is 0.597. The highest BCUT2D eigenvalue weighted by molar-refractivity contribution is 9.10. The fraction of sp³-hybridized carbons (Fsp3) is 0.556. The van der Waals surface area contributed by atoms with Gasteiger partial charge in [-0.2, -0.15) is 0 Å². The van der Waals surface area contributed by atoms with Gasteiger partial charge in [-0.15, -0.1) is 0 Å². The summed E-state index contributed by atoms with van der Waals surface area (Å²) in [4.78, 5) is 8.75. The molecule has 1 aliphatic carbocycles. The normalized spacial score (nSPS) is 16.8. The van der Waals surface area contributed by atoms with E-state index in [-0.39, 0.29) is 0 Å². The highest BCUT2D eigenvalue weighted by atomic mass is 79.9. The molecule has 0 aliphatic heterocycles. The third-order valence-corrected chi connectivity index (χ3v) is 3.05. The molecule has 0 saturated heterocycles. The van der Waals surface area contributed by atoms with Crippen molar-refractivity contribution in [1.82, 2.24) is 9.97 Å². The zero-order chi connectivity index (χ0) is 9.26. The van der Waals surface area contributed by atoms with Crippen molar-refractivity contribution in [3.05, 3.63) is 16.5 Å². The van der Waals surface area contributed by atoms with Crippen LogP contribution in [0.15, 0.2) is 10.7 Å². The maximum Gasteiger partial charge on any atom is 0.143 e. The van der Waals surface area contributed by atoms with Crippen molar-refractivity contribution in [1.29, 1.82) is 0 Å². The molecule has 0 spiro atoms. The lowest BCUT2D eigenvalue weighted by molar-refractivity contribution is 0.401. The first kappa shape index (κ1) is 8.94. The van der Waals surface area contributed by atoms with Crippen LogP contribution in [-0.2, 0) is 0 Å². The van der Waals surface area contributed by atoms with Crippen LogP contribution in [0.3, 0.4) is 0 Å². The third kappa shape index (κ3) is 1.68. The molecule has 3 nitrogen and oxygen atoms in total. The number of anilines is 1. The Bertz CT molecular complexity index is 310. The Labute approximate surface area is 86.1 Å². The minimum atomic E-state index is 0.597. The monoisotopic (exact) mass is 241 g/mol. The van der Waals surface area contributed by atoms with Crippen LogP contribution in [0, 0.1) is 0 Å². The van der Waals surface area contributed by atoms with E-state index >= 15 is 0 Å². The van der Waals surface area contributed by atoms with Crippen molar-refractivity contribution >= 4 is 21.7 Å². The van der Waals surface area contributed by atoms with E-state index in [9.17, 15) is 0 Å². The topological polar surface area (TPSA) is 37.8 Å². The van der Waals surface area contributed by atoms with Crippen LogP contribution >= 0.6 is 15.9 Å². The molecular weight excluding hydrogens is 230 g/mol. The molecule has 0 amide bonds. The van der Waals surface area contributed by atoms with Gasteiger partial charge in [-0.25, -0.2) is 9.97 Å². The summed E-state index contributed by atoms with van der Waals surface area (Å²) in [6, 6.07) is 0. The Balaban J connectivity index is 2.26. The number of nitrogens with zero attached hydrogens (tertiary/aromatic N) is 2. The molecule has 1 aromatic rings. The van der Waals surface area contributed by atoms with E-state index in [0.29, 0.717) is 5.92 Å². The molecule has 0 radical (unpaired) electrons. The molecule has 13 heavy (non-hydrogen) atoms. The predicted molar refractivity (Wildman–Crippen MR) is 55.9 cm³/mol. The van der Waals surface area contributed by atoms with Gasteiger partial charge in [-0.1, -0.05) is 6.42 Å². The summed E-state index contributed by atoms with van der Waals surface area (Å²) in [6.45, 7) is 0. The number of aromatic nitrogens is 2. The Morgan fingerprint density at radius 1 is 1.54 bits per heavy atom. The van der Waals surface area contributed by atoms with Crippen molar-refractivity contribution in [3.63, 3.8) is 0 Å². The highest BCUT2D eigenvalue weighted by Crippen LogP contribution is 2.35. The van der Waals surface area contributed by atoms with Crippen LogP contribution in [0.1, 0.15) is 31.0 Å². The van der Waals surface area contributed by atoms with E-state index in [1.165, 1.54) is 19.3 Å². The fourth-order valence-electron chi connectivity index (χ4n) is 1.42. The first-order valence-electron chi connectivity index (χ1n) is 4.51. The molecule has 0 unspecified atom stereocenters. The van der Waals surface area contributed by atoms with E-state index in [1.807, 2.05) is 13.2 Å². The molecule has 4 heteroatoms. The smallest absolute Gasteiger partial charge is 0.143 e. The van der Waals surface area contributed by atoms with E-state index in [1.54, 1.807) is 0 Å². The summed E-state index contributed by atoms with van der Waals surface area (Å²) in [5, 5.41) is 3.04. The van der Waals surface area contributed by atoms with Gasteiger partial charge in [0.1, 0.15) is 11.6 Å². The summed E-state index contributed by atoms with van der Waals surface area (Å²) >= 11 is 3.39. The largest absolute Gasteiger partial charge is 0.372 e. The second kappa shape index (κ2) is 3.62. The Morgan fingerprint density at radius 3 is 2.85 bits per heavy atom. The highest BCUT2D eigenvalue weighted by Gasteiger charge is 2.22. The van der Waals surface area contributed by atoms with Gasteiger partial charge < -0.3 is 5.32 Å². The second-order valence-electron chi connectivity index (χ2n) is 3.30. The summed E-state index contributed by atoms with van der Waals surface area (Å²) in [7, 11) is 1.87. The van der Waals surface area contributed by atoms with Crippen LogP contribution in [0.5, 0.6) is 0 Å². The van der Waals surface area contributed by atoms with Crippen LogP contribution < -0.4 is 5.32 Å². The van der Waals surface area contributed by atoms with Gasteiger partial charge in [0.2, 0.25) is 0 Å². The van der Waals surface area contributed by atoms with Crippen molar-refractivity contribution in [2.45, 2.75) is 25.2 Å². The first-order chi connectivity index (χ1) is 6.31. The minimum Gasteiger partial charge on any atom is -0.372 e. The van der Waals surface area contributed by atoms with E-state index in [0.717, 1.165) is 16.1 Å². The predicted octanol–water partition coefficient (Wildman–Crippen LogP) is 2.55. The average molecular weight is 242 g/mol. The lowest BCUT2D eigenvalue weighted by Gasteiger charge is -2.23. The standard InChI is InChI=1S/C9H12BrN3/c1-11-9-7(10)5-12-8(13-9)6-3-2-4-6/h5-6H,2-4H2,1H3,(H,11,12,13). The quantitative estimate of drug-likeness (QED) is 0.865. The number of hydrogen-bond acceptors (Lipinski definition) is 3. The van der Waals surface area contributed by atoms with Gasteiger partial charge in [-0.05, 0) is 28.8 Å². The summed E-state index contributed by atoms with van der Waals surface area (Å²) in [6.07, 6.45) is 5.63. The number of halogens is 1. The summed E-state index contributed by atoms with van der Waals surface area (Å²) in [5.41, 5.74) is 0. The molecule has 1 fully saturated rings. The molecule has 1 aromatic heterocycles. The second-order valence-corrected chi connectivity index (χ2v) is 4.16. The maximum atomic E-state index is 4.44. The molecule has 1 aliphatic rings. The Morgan fingerprint density at radius 2 is 2.31 bits per heavy atom. The lowest BCUT2D eigenvalue weighted by Crippen LogP contribution is -2.13. The molecule has 0 atom stereocenters. The van der Waals surface area contributed by atoms with Gasteiger partial charge in [0.25, 0.3) is 0 Å². The summed E-state index contributed by atoms with van der Waals surface area (Å²) in [5.74, 6) is 2.47. The van der Waals surface area contributed by atoms with Gasteiger partial charge in [0, 0.05) is 19.2 Å². The molecular formula is C9H12BrN3. The van der Waals surface area contributed by atoms with E-state index < -0.39 is 0 Å².